The fourth-order valence-electron chi connectivity index (χ4n) is 0.827. The normalized spacial score (nSPS) is 9.50. The molecule has 0 heterocycles. The first-order valence-corrected chi connectivity index (χ1v) is 3.33. The molecule has 0 unspecified atom stereocenters. The van der Waals surface area contributed by atoms with Crippen LogP contribution in [0.5, 0.6) is 5.75 Å². The Labute approximate surface area is 69.5 Å². The van der Waals surface area contributed by atoms with E-state index in [1.54, 1.807) is 0 Å². The monoisotopic (exact) mass is 168 g/mol. The third-order valence-electron chi connectivity index (χ3n) is 1.46. The van der Waals surface area contributed by atoms with Crippen molar-refractivity contribution in [2.75, 3.05) is 7.11 Å². The number of ether oxygens (including phenoxy) is 1. The van der Waals surface area contributed by atoms with Gasteiger partial charge in [-0.1, -0.05) is 0 Å². The second-order valence-electron chi connectivity index (χ2n) is 2.26. The lowest BCUT2D eigenvalue weighted by Gasteiger charge is -2.03. The predicted octanol–water partition coefficient (Wildman–Crippen LogP) is 1.12. The van der Waals surface area contributed by atoms with Gasteiger partial charge in [0, 0.05) is 5.56 Å². The number of hydrogen-bond donors (Lipinski definition) is 2. The van der Waals surface area contributed by atoms with E-state index >= 15 is 0 Å². The summed E-state index contributed by atoms with van der Waals surface area (Å²) in [7, 11) is 1.36. The molecular formula is C8H9FN2O. The number of benzene rings is 1. The van der Waals surface area contributed by atoms with E-state index in [1.807, 2.05) is 0 Å². The van der Waals surface area contributed by atoms with Crippen LogP contribution in [0.15, 0.2) is 18.2 Å². The highest BCUT2D eigenvalue weighted by atomic mass is 19.1. The Balaban J connectivity index is 3.13. The Morgan fingerprint density at radius 1 is 1.58 bits per heavy atom. The maximum atomic E-state index is 12.8. The van der Waals surface area contributed by atoms with Crippen molar-refractivity contribution in [3.05, 3.63) is 29.6 Å². The molecule has 0 radical (unpaired) electrons. The third-order valence-corrected chi connectivity index (χ3v) is 1.46. The quantitative estimate of drug-likeness (QED) is 0.513. The predicted molar refractivity (Wildman–Crippen MR) is 44.0 cm³/mol. The average Bonchev–Trinajstić information content (AvgIpc) is 2.05. The van der Waals surface area contributed by atoms with Crippen LogP contribution in [0.2, 0.25) is 0 Å². The van der Waals surface area contributed by atoms with Gasteiger partial charge in [0.2, 0.25) is 0 Å². The SMILES string of the molecule is COc1cc(C(=N)N)ccc1F. The van der Waals surface area contributed by atoms with E-state index < -0.39 is 5.82 Å². The van der Waals surface area contributed by atoms with Crippen molar-refractivity contribution in [3.8, 4) is 5.75 Å². The van der Waals surface area contributed by atoms with Crippen molar-refractivity contribution < 1.29 is 9.13 Å². The van der Waals surface area contributed by atoms with Crippen molar-refractivity contribution in [2.24, 2.45) is 5.73 Å². The fourth-order valence-corrected chi connectivity index (χ4v) is 0.827. The number of halogens is 1. The summed E-state index contributed by atoms with van der Waals surface area (Å²) in [5.74, 6) is -0.460. The highest BCUT2D eigenvalue weighted by molar-refractivity contribution is 5.95. The number of nitrogens with two attached hydrogens (primary N) is 1. The van der Waals surface area contributed by atoms with Gasteiger partial charge in [-0.2, -0.15) is 0 Å². The highest BCUT2D eigenvalue weighted by Crippen LogP contribution is 2.17. The first-order valence-electron chi connectivity index (χ1n) is 3.33. The molecule has 0 aliphatic heterocycles. The molecule has 3 nitrogen and oxygen atoms in total. The van der Waals surface area contributed by atoms with E-state index in [0.29, 0.717) is 5.56 Å². The molecule has 1 rings (SSSR count). The molecule has 0 aromatic heterocycles. The van der Waals surface area contributed by atoms with Crippen LogP contribution in [0.1, 0.15) is 5.56 Å². The van der Waals surface area contributed by atoms with Crippen LogP contribution >= 0.6 is 0 Å². The zero-order chi connectivity index (χ0) is 9.14. The zero-order valence-corrected chi connectivity index (χ0v) is 6.60. The fraction of sp³-hybridized carbons (Fsp3) is 0.125. The van der Waals surface area contributed by atoms with Gasteiger partial charge in [0.15, 0.2) is 11.6 Å². The summed E-state index contributed by atoms with van der Waals surface area (Å²) in [6.07, 6.45) is 0. The Morgan fingerprint density at radius 2 is 2.25 bits per heavy atom. The molecule has 0 amide bonds. The lowest BCUT2D eigenvalue weighted by Crippen LogP contribution is -2.11. The summed E-state index contributed by atoms with van der Waals surface area (Å²) >= 11 is 0. The van der Waals surface area contributed by atoms with E-state index in [-0.39, 0.29) is 11.6 Å². The van der Waals surface area contributed by atoms with Gasteiger partial charge in [0.05, 0.1) is 7.11 Å². The molecule has 0 atom stereocenters. The van der Waals surface area contributed by atoms with Crippen LogP contribution in [-0.4, -0.2) is 12.9 Å². The molecule has 0 aliphatic carbocycles. The Morgan fingerprint density at radius 3 is 2.75 bits per heavy atom. The molecule has 0 spiro atoms. The molecule has 64 valence electrons. The van der Waals surface area contributed by atoms with Gasteiger partial charge < -0.3 is 10.5 Å². The summed E-state index contributed by atoms with van der Waals surface area (Å²) in [6.45, 7) is 0. The lowest BCUT2D eigenvalue weighted by molar-refractivity contribution is 0.386. The van der Waals surface area contributed by atoms with Crippen LogP contribution in [0, 0.1) is 11.2 Å². The molecule has 0 saturated heterocycles. The summed E-state index contributed by atoms with van der Waals surface area (Å²) in [6, 6.07) is 4.04. The van der Waals surface area contributed by atoms with E-state index in [2.05, 4.69) is 0 Å². The Kier molecular flexibility index (Phi) is 2.28. The second-order valence-corrected chi connectivity index (χ2v) is 2.26. The maximum Gasteiger partial charge on any atom is 0.165 e. The van der Waals surface area contributed by atoms with Crippen molar-refractivity contribution in [1.29, 1.82) is 5.41 Å². The smallest absolute Gasteiger partial charge is 0.165 e. The number of rotatable bonds is 2. The van der Waals surface area contributed by atoms with Gasteiger partial charge in [0.1, 0.15) is 5.84 Å². The van der Waals surface area contributed by atoms with E-state index in [4.69, 9.17) is 15.9 Å². The molecule has 4 heteroatoms. The zero-order valence-electron chi connectivity index (χ0n) is 6.60. The Hall–Kier alpha value is -1.58. The largest absolute Gasteiger partial charge is 0.494 e. The van der Waals surface area contributed by atoms with Crippen LogP contribution in [0.25, 0.3) is 0 Å². The molecule has 0 fully saturated rings. The molecular weight excluding hydrogens is 159 g/mol. The van der Waals surface area contributed by atoms with Gasteiger partial charge in [-0.25, -0.2) is 4.39 Å². The van der Waals surface area contributed by atoms with Crippen LogP contribution in [0.3, 0.4) is 0 Å². The molecule has 0 bridgehead atoms. The number of methoxy groups -OCH3 is 1. The van der Waals surface area contributed by atoms with Crippen LogP contribution < -0.4 is 10.5 Å². The molecule has 1 aromatic rings. The maximum absolute atomic E-state index is 12.8. The average molecular weight is 168 g/mol. The lowest BCUT2D eigenvalue weighted by atomic mass is 10.2. The van der Waals surface area contributed by atoms with Gasteiger partial charge in [-0.3, -0.25) is 5.41 Å². The molecule has 12 heavy (non-hydrogen) atoms. The van der Waals surface area contributed by atoms with Crippen LogP contribution in [0.4, 0.5) is 4.39 Å². The number of nitrogen functional groups attached to an aromatic ring is 1. The van der Waals surface area contributed by atoms with Gasteiger partial charge >= 0.3 is 0 Å². The third kappa shape index (κ3) is 1.53. The minimum absolute atomic E-state index is 0.0997. The number of nitrogens with one attached hydrogen (secondary N) is 1. The minimum Gasteiger partial charge on any atom is -0.494 e. The number of amidine groups is 1. The molecule has 0 saturated carbocycles. The Bertz CT molecular complexity index is 312. The topological polar surface area (TPSA) is 59.1 Å². The van der Waals surface area contributed by atoms with Crippen LogP contribution in [-0.2, 0) is 0 Å². The number of hydrogen-bond acceptors (Lipinski definition) is 2. The molecule has 0 aliphatic rings. The van der Waals surface area contributed by atoms with Crippen molar-refractivity contribution in [2.45, 2.75) is 0 Å². The van der Waals surface area contributed by atoms with Gasteiger partial charge in [-0.15, -0.1) is 0 Å². The van der Waals surface area contributed by atoms with E-state index in [9.17, 15) is 4.39 Å². The molecule has 3 N–H and O–H groups in total. The first kappa shape index (κ1) is 8.52. The molecule has 1 aromatic carbocycles. The minimum atomic E-state index is -0.456. The van der Waals surface area contributed by atoms with Crippen molar-refractivity contribution in [3.63, 3.8) is 0 Å². The first-order chi connectivity index (χ1) is 5.65. The van der Waals surface area contributed by atoms with E-state index in [0.717, 1.165) is 0 Å². The summed E-state index contributed by atoms with van der Waals surface area (Å²) < 4.78 is 17.5. The highest BCUT2D eigenvalue weighted by Gasteiger charge is 2.04. The summed E-state index contributed by atoms with van der Waals surface area (Å²) in [5.41, 5.74) is 5.64. The second kappa shape index (κ2) is 3.21. The van der Waals surface area contributed by atoms with E-state index in [1.165, 1.54) is 25.3 Å². The van der Waals surface area contributed by atoms with Gasteiger partial charge in [-0.05, 0) is 18.2 Å². The van der Waals surface area contributed by atoms with Gasteiger partial charge in [0.25, 0.3) is 0 Å². The standard InChI is InChI=1S/C8H9FN2O/c1-12-7-4-5(8(10)11)2-3-6(7)9/h2-4H,1H3,(H3,10,11). The van der Waals surface area contributed by atoms with Crippen molar-refractivity contribution in [1.82, 2.24) is 0 Å². The summed E-state index contributed by atoms with van der Waals surface area (Å²) in [4.78, 5) is 0. The summed E-state index contributed by atoms with van der Waals surface area (Å²) in [5, 5.41) is 7.08. The van der Waals surface area contributed by atoms with Crippen molar-refractivity contribution >= 4 is 5.84 Å².